The van der Waals surface area contributed by atoms with Gasteiger partial charge < -0.3 is 11.1 Å². The van der Waals surface area contributed by atoms with Gasteiger partial charge in [-0.2, -0.15) is 0 Å². The molecular weight excluding hydrogens is 305 g/mol. The number of aryl methyl sites for hydroxylation is 1. The van der Waals surface area contributed by atoms with Gasteiger partial charge in [0.2, 0.25) is 0 Å². The van der Waals surface area contributed by atoms with Gasteiger partial charge in [-0.05, 0) is 36.6 Å². The highest BCUT2D eigenvalue weighted by molar-refractivity contribution is 6.01. The number of amides is 1. The second-order valence-electron chi connectivity index (χ2n) is 5.99. The second-order valence-corrected chi connectivity index (χ2v) is 5.99. The Morgan fingerprint density at radius 3 is 2.88 bits per heavy atom. The molecule has 4 nitrogen and oxygen atoms in total. The molecule has 1 heterocycles. The number of nitrogens with one attached hydrogen (secondary N) is 1. The fourth-order valence-corrected chi connectivity index (χ4v) is 3.36. The molecule has 0 radical (unpaired) electrons. The van der Waals surface area contributed by atoms with Crippen LogP contribution in [-0.4, -0.2) is 10.9 Å². The Morgan fingerprint density at radius 1 is 1.21 bits per heavy atom. The fourth-order valence-electron chi connectivity index (χ4n) is 3.36. The largest absolute Gasteiger partial charge is 0.365 e. The molecule has 120 valence electrons. The smallest absolute Gasteiger partial charge is 0.252 e. The van der Waals surface area contributed by atoms with Crippen molar-refractivity contribution in [1.82, 2.24) is 4.98 Å². The molecule has 1 unspecified atom stereocenters. The van der Waals surface area contributed by atoms with E-state index >= 15 is 0 Å². The minimum absolute atomic E-state index is 0.215. The van der Waals surface area contributed by atoms with Gasteiger partial charge in [0.15, 0.2) is 0 Å². The number of primary amides is 1. The van der Waals surface area contributed by atoms with Crippen molar-refractivity contribution in [3.8, 4) is 0 Å². The van der Waals surface area contributed by atoms with Crippen molar-refractivity contribution in [2.24, 2.45) is 5.73 Å². The number of aromatic nitrogens is 1. The zero-order valence-corrected chi connectivity index (χ0v) is 12.9. The maximum Gasteiger partial charge on any atom is 0.252 e. The van der Waals surface area contributed by atoms with Gasteiger partial charge in [-0.25, -0.2) is 9.37 Å². The average molecular weight is 321 g/mol. The lowest BCUT2D eigenvalue weighted by molar-refractivity contribution is 0.100. The summed E-state index contributed by atoms with van der Waals surface area (Å²) in [4.78, 5) is 16.3. The molecule has 1 aliphatic rings. The number of pyridine rings is 1. The van der Waals surface area contributed by atoms with Crippen LogP contribution in [0.15, 0.2) is 48.5 Å². The fraction of sp³-hybridized carbons (Fsp3) is 0.158. The van der Waals surface area contributed by atoms with Crippen LogP contribution in [0.1, 0.15) is 33.9 Å². The van der Waals surface area contributed by atoms with Crippen molar-refractivity contribution < 1.29 is 9.18 Å². The van der Waals surface area contributed by atoms with Gasteiger partial charge >= 0.3 is 0 Å². The zero-order valence-electron chi connectivity index (χ0n) is 12.9. The van der Waals surface area contributed by atoms with Crippen LogP contribution in [0.5, 0.6) is 0 Å². The maximum atomic E-state index is 14.2. The number of hydrogen-bond acceptors (Lipinski definition) is 3. The predicted molar refractivity (Wildman–Crippen MR) is 91.3 cm³/mol. The molecule has 1 aliphatic carbocycles. The number of nitrogens with two attached hydrogens (primary N) is 1. The summed E-state index contributed by atoms with van der Waals surface area (Å²) >= 11 is 0. The summed E-state index contributed by atoms with van der Waals surface area (Å²) in [6.07, 6.45) is 1.55. The molecule has 24 heavy (non-hydrogen) atoms. The first-order valence-corrected chi connectivity index (χ1v) is 7.87. The van der Waals surface area contributed by atoms with Gasteiger partial charge in [-0.15, -0.1) is 0 Å². The molecule has 0 saturated carbocycles. The lowest BCUT2D eigenvalue weighted by Gasteiger charge is -2.18. The maximum absolute atomic E-state index is 14.2. The molecule has 5 heteroatoms. The molecule has 3 N–H and O–H groups in total. The molecule has 0 spiro atoms. The van der Waals surface area contributed by atoms with E-state index < -0.39 is 5.91 Å². The molecule has 4 rings (SSSR count). The van der Waals surface area contributed by atoms with Crippen molar-refractivity contribution in [1.29, 1.82) is 0 Å². The summed E-state index contributed by atoms with van der Waals surface area (Å²) in [6.45, 7) is 0. The topological polar surface area (TPSA) is 68.0 Å². The molecule has 1 atom stereocenters. The number of rotatable bonds is 3. The molecule has 3 aromatic rings. The lowest BCUT2D eigenvalue weighted by Crippen LogP contribution is -2.18. The molecule has 0 aliphatic heterocycles. The van der Waals surface area contributed by atoms with E-state index in [2.05, 4.69) is 10.3 Å². The number of halogens is 1. The highest BCUT2D eigenvalue weighted by atomic mass is 19.1. The number of fused-ring (bicyclic) bond motifs is 2. The van der Waals surface area contributed by atoms with Gasteiger partial charge in [0.1, 0.15) is 11.6 Å². The highest BCUT2D eigenvalue weighted by Gasteiger charge is 2.27. The van der Waals surface area contributed by atoms with E-state index in [1.54, 1.807) is 12.1 Å². The van der Waals surface area contributed by atoms with Gasteiger partial charge in [0.25, 0.3) is 5.91 Å². The molecule has 1 amide bonds. The van der Waals surface area contributed by atoms with Gasteiger partial charge in [0, 0.05) is 10.9 Å². The third-order valence-corrected chi connectivity index (χ3v) is 4.49. The van der Waals surface area contributed by atoms with E-state index in [1.165, 1.54) is 6.07 Å². The Balaban J connectivity index is 1.78. The molecule has 2 aromatic carbocycles. The molecule has 0 fully saturated rings. The molecule has 1 aromatic heterocycles. The van der Waals surface area contributed by atoms with E-state index in [1.807, 2.05) is 30.3 Å². The number of carbonyl (C=O) groups excluding carboxylic acids is 1. The number of para-hydroxylation sites is 1. The molecular formula is C19H16FN3O. The van der Waals surface area contributed by atoms with Crippen LogP contribution in [0.4, 0.5) is 10.2 Å². The van der Waals surface area contributed by atoms with E-state index in [0.717, 1.165) is 29.3 Å². The first-order valence-electron chi connectivity index (χ1n) is 7.87. The first kappa shape index (κ1) is 14.6. The highest BCUT2D eigenvalue weighted by Crippen LogP contribution is 2.36. The van der Waals surface area contributed by atoms with E-state index in [-0.39, 0.29) is 11.9 Å². The van der Waals surface area contributed by atoms with Crippen LogP contribution >= 0.6 is 0 Å². The summed E-state index contributed by atoms with van der Waals surface area (Å²) < 4.78 is 14.2. The van der Waals surface area contributed by atoms with Crippen molar-refractivity contribution in [3.63, 3.8) is 0 Å². The summed E-state index contributed by atoms with van der Waals surface area (Å²) in [5.74, 6) is -0.381. The summed E-state index contributed by atoms with van der Waals surface area (Å²) in [5, 5.41) is 4.07. The molecule has 0 saturated heterocycles. The summed E-state index contributed by atoms with van der Waals surface area (Å²) in [7, 11) is 0. The lowest BCUT2D eigenvalue weighted by atomic mass is 10.1. The van der Waals surface area contributed by atoms with Crippen LogP contribution in [0, 0.1) is 5.82 Å². The van der Waals surface area contributed by atoms with Crippen molar-refractivity contribution in [2.45, 2.75) is 18.9 Å². The number of hydrogen-bond donors (Lipinski definition) is 2. The summed E-state index contributed by atoms with van der Waals surface area (Å²) in [6, 6.07) is 14.1. The Hall–Kier alpha value is -2.95. The number of benzene rings is 2. The van der Waals surface area contributed by atoms with E-state index in [9.17, 15) is 9.18 Å². The third-order valence-electron chi connectivity index (χ3n) is 4.49. The van der Waals surface area contributed by atoms with Crippen LogP contribution in [0.25, 0.3) is 10.9 Å². The average Bonchev–Trinajstić information content (AvgIpc) is 2.98. The quantitative estimate of drug-likeness (QED) is 0.775. The van der Waals surface area contributed by atoms with Gasteiger partial charge in [0.05, 0.1) is 17.1 Å². The van der Waals surface area contributed by atoms with Crippen LogP contribution in [0.2, 0.25) is 0 Å². The first-order chi connectivity index (χ1) is 11.6. The van der Waals surface area contributed by atoms with Crippen molar-refractivity contribution in [2.75, 3.05) is 5.32 Å². The third kappa shape index (κ3) is 2.38. The van der Waals surface area contributed by atoms with Gasteiger partial charge in [-0.3, -0.25) is 4.79 Å². The van der Waals surface area contributed by atoms with Gasteiger partial charge in [-0.1, -0.05) is 30.3 Å². The number of anilines is 1. The van der Waals surface area contributed by atoms with Crippen molar-refractivity contribution in [3.05, 3.63) is 71.0 Å². The van der Waals surface area contributed by atoms with Crippen LogP contribution in [-0.2, 0) is 6.42 Å². The Labute approximate surface area is 138 Å². The Kier molecular flexibility index (Phi) is 3.41. The van der Waals surface area contributed by atoms with Crippen molar-refractivity contribution >= 4 is 22.6 Å². The van der Waals surface area contributed by atoms with Crippen LogP contribution in [0.3, 0.4) is 0 Å². The Bertz CT molecular complexity index is 954. The zero-order chi connectivity index (χ0) is 16.7. The number of nitrogens with zero attached hydrogens (tertiary/aromatic N) is 1. The number of carbonyl (C=O) groups is 1. The predicted octanol–water partition coefficient (Wildman–Crippen LogP) is 3.57. The van der Waals surface area contributed by atoms with Crippen LogP contribution < -0.4 is 11.1 Å². The minimum atomic E-state index is -0.553. The monoisotopic (exact) mass is 321 g/mol. The Morgan fingerprint density at radius 2 is 2.04 bits per heavy atom. The molecule has 0 bridgehead atoms. The SMILES string of the molecule is NC(=O)c1cc2ccccc2nc1NC1CCc2cccc(F)c21. The van der Waals surface area contributed by atoms with E-state index in [4.69, 9.17) is 5.73 Å². The second kappa shape index (κ2) is 5.60. The standard InChI is InChI=1S/C19H16FN3O/c20-14-6-3-5-11-8-9-16(17(11)14)23-19-13(18(21)24)10-12-4-1-2-7-15(12)22-19/h1-7,10,16H,8-9H2,(H2,21,24)(H,22,23). The minimum Gasteiger partial charge on any atom is -0.365 e. The van der Waals surface area contributed by atoms with E-state index in [0.29, 0.717) is 16.9 Å². The summed E-state index contributed by atoms with van der Waals surface area (Å²) in [5.41, 5.74) is 8.24. The normalized spacial score (nSPS) is 16.1.